The van der Waals surface area contributed by atoms with Crippen LogP contribution in [0.25, 0.3) is 10.9 Å². The van der Waals surface area contributed by atoms with Gasteiger partial charge in [-0.1, -0.05) is 23.7 Å². The maximum Gasteiger partial charge on any atom is 0.252 e. The summed E-state index contributed by atoms with van der Waals surface area (Å²) in [5, 5.41) is 7.68. The Balaban J connectivity index is 1.32. The second-order valence-electron chi connectivity index (χ2n) is 8.48. The average molecular weight is 456 g/mol. The van der Waals surface area contributed by atoms with Crippen LogP contribution >= 0.6 is 11.6 Å². The Hall–Kier alpha value is -2.93. The largest absolute Gasteiger partial charge is 0.362 e. The number of carbonyl (C=O) groups is 1. The van der Waals surface area contributed by atoms with Crippen LogP contribution < -0.4 is 15.5 Å². The molecule has 32 heavy (non-hydrogen) atoms. The molecule has 0 radical (unpaired) electrons. The van der Waals surface area contributed by atoms with E-state index in [1.54, 1.807) is 0 Å². The van der Waals surface area contributed by atoms with E-state index in [1.165, 1.54) is 18.2 Å². The molecule has 1 aliphatic rings. The lowest BCUT2D eigenvalue weighted by atomic mass is 9.86. The Morgan fingerprint density at radius 1 is 1.12 bits per heavy atom. The van der Waals surface area contributed by atoms with Crippen molar-refractivity contribution in [1.29, 1.82) is 0 Å². The minimum Gasteiger partial charge on any atom is -0.362 e. The number of amides is 1. The summed E-state index contributed by atoms with van der Waals surface area (Å²) >= 11 is 6.03. The third-order valence-electron chi connectivity index (χ3n) is 5.91. The van der Waals surface area contributed by atoms with Gasteiger partial charge in [-0.25, -0.2) is 9.37 Å². The Bertz CT molecular complexity index is 1110. The van der Waals surface area contributed by atoms with E-state index in [1.807, 2.05) is 43.3 Å². The first-order valence-electron chi connectivity index (χ1n) is 10.8. The van der Waals surface area contributed by atoms with Gasteiger partial charge in [-0.15, -0.1) is 0 Å². The van der Waals surface area contributed by atoms with Crippen LogP contribution in [0, 0.1) is 11.7 Å². The molecule has 1 aliphatic carbocycles. The van der Waals surface area contributed by atoms with Crippen LogP contribution in [0.15, 0.2) is 42.5 Å². The average Bonchev–Trinajstić information content (AvgIpc) is 2.79. The van der Waals surface area contributed by atoms with Crippen LogP contribution in [0.5, 0.6) is 0 Å². The molecule has 2 N–H and O–H groups in total. The molecule has 168 valence electrons. The Morgan fingerprint density at radius 3 is 2.62 bits per heavy atom. The van der Waals surface area contributed by atoms with E-state index >= 15 is 0 Å². The first kappa shape index (κ1) is 22.3. The maximum absolute atomic E-state index is 13.4. The lowest BCUT2D eigenvalue weighted by molar-refractivity contribution is 0.0943. The van der Waals surface area contributed by atoms with E-state index in [-0.39, 0.29) is 22.5 Å². The van der Waals surface area contributed by atoms with Gasteiger partial charge in [0.15, 0.2) is 0 Å². The minimum absolute atomic E-state index is 0.173. The normalized spacial score (nSPS) is 18.4. The SMILES string of the molecule is CN(C)c1nc(NC2CCC(CNC(=O)c3cc(F)ccc3Cl)CC2)nc2ccccc12. The summed E-state index contributed by atoms with van der Waals surface area (Å²) in [6.45, 7) is 0.551. The molecule has 2 aromatic carbocycles. The van der Waals surface area contributed by atoms with Crippen molar-refractivity contribution in [3.8, 4) is 0 Å². The molecule has 0 aliphatic heterocycles. The quantitative estimate of drug-likeness (QED) is 0.553. The number of fused-ring (bicyclic) bond motifs is 1. The molecule has 6 nitrogen and oxygen atoms in total. The van der Waals surface area contributed by atoms with Crippen molar-refractivity contribution >= 4 is 40.2 Å². The van der Waals surface area contributed by atoms with Gasteiger partial charge in [0.25, 0.3) is 5.91 Å². The molecule has 0 unspecified atom stereocenters. The fourth-order valence-electron chi connectivity index (χ4n) is 4.16. The van der Waals surface area contributed by atoms with Gasteiger partial charge in [0.2, 0.25) is 5.95 Å². The summed E-state index contributed by atoms with van der Waals surface area (Å²) in [5.74, 6) is 1.10. The Morgan fingerprint density at radius 2 is 1.88 bits per heavy atom. The number of benzene rings is 2. The molecular weight excluding hydrogens is 429 g/mol. The highest BCUT2D eigenvalue weighted by molar-refractivity contribution is 6.33. The third kappa shape index (κ3) is 5.10. The van der Waals surface area contributed by atoms with Crippen LogP contribution in [0.4, 0.5) is 16.2 Å². The lowest BCUT2D eigenvalue weighted by Crippen LogP contribution is -2.34. The summed E-state index contributed by atoms with van der Waals surface area (Å²) in [6, 6.07) is 12.1. The van der Waals surface area contributed by atoms with Crippen molar-refractivity contribution in [3.05, 3.63) is 58.9 Å². The van der Waals surface area contributed by atoms with Gasteiger partial charge in [-0.05, 0) is 61.9 Å². The van der Waals surface area contributed by atoms with Crippen LogP contribution in [-0.4, -0.2) is 42.6 Å². The summed E-state index contributed by atoms with van der Waals surface area (Å²) < 4.78 is 13.4. The molecule has 1 heterocycles. The van der Waals surface area contributed by atoms with Gasteiger partial charge in [0.1, 0.15) is 11.6 Å². The highest BCUT2D eigenvalue weighted by atomic mass is 35.5. The van der Waals surface area contributed by atoms with Crippen molar-refractivity contribution in [3.63, 3.8) is 0 Å². The molecule has 8 heteroatoms. The van der Waals surface area contributed by atoms with Crippen molar-refractivity contribution in [2.24, 2.45) is 5.92 Å². The molecule has 0 spiro atoms. The number of carbonyl (C=O) groups excluding carboxylic acids is 1. The van der Waals surface area contributed by atoms with Gasteiger partial charge < -0.3 is 15.5 Å². The highest BCUT2D eigenvalue weighted by Crippen LogP contribution is 2.28. The second-order valence-corrected chi connectivity index (χ2v) is 8.89. The zero-order chi connectivity index (χ0) is 22.7. The van der Waals surface area contributed by atoms with Gasteiger partial charge >= 0.3 is 0 Å². The van der Waals surface area contributed by atoms with Crippen molar-refractivity contribution < 1.29 is 9.18 Å². The number of halogens is 2. The highest BCUT2D eigenvalue weighted by Gasteiger charge is 2.23. The summed E-state index contributed by atoms with van der Waals surface area (Å²) in [5.41, 5.74) is 1.09. The first-order chi connectivity index (χ1) is 15.4. The van der Waals surface area contributed by atoms with E-state index in [9.17, 15) is 9.18 Å². The standard InChI is InChI=1S/C24H27ClFN5O/c1-31(2)22-18-5-3-4-6-21(18)29-24(30-22)28-17-10-7-15(8-11-17)14-27-23(32)19-13-16(26)9-12-20(19)25/h3-6,9,12-13,15,17H,7-8,10-11,14H2,1-2H3,(H,27,32)(H,28,29,30). The molecule has 4 rings (SSSR count). The summed E-state index contributed by atoms with van der Waals surface area (Å²) in [7, 11) is 3.96. The van der Waals surface area contributed by atoms with Gasteiger partial charge in [-0.2, -0.15) is 4.98 Å². The summed E-state index contributed by atoms with van der Waals surface area (Å²) in [6.07, 6.45) is 3.88. The van der Waals surface area contributed by atoms with Gasteiger partial charge in [-0.3, -0.25) is 4.79 Å². The lowest BCUT2D eigenvalue weighted by Gasteiger charge is -2.29. The molecule has 0 saturated heterocycles. The number of rotatable bonds is 6. The Kier molecular flexibility index (Phi) is 6.74. The topological polar surface area (TPSA) is 70.2 Å². The van der Waals surface area contributed by atoms with Crippen molar-refractivity contribution in [2.75, 3.05) is 30.9 Å². The third-order valence-corrected chi connectivity index (χ3v) is 6.24. The summed E-state index contributed by atoms with van der Waals surface area (Å²) in [4.78, 5) is 23.8. The predicted octanol–water partition coefficient (Wildman–Crippen LogP) is 4.89. The fourth-order valence-corrected chi connectivity index (χ4v) is 4.37. The minimum atomic E-state index is -0.473. The Labute approximate surface area is 192 Å². The van der Waals surface area contributed by atoms with E-state index in [0.717, 1.165) is 42.4 Å². The number of aromatic nitrogens is 2. The predicted molar refractivity (Wildman–Crippen MR) is 127 cm³/mol. The molecule has 1 saturated carbocycles. The number of para-hydroxylation sites is 1. The van der Waals surface area contributed by atoms with E-state index < -0.39 is 5.82 Å². The van der Waals surface area contributed by atoms with Gasteiger partial charge in [0.05, 0.1) is 16.1 Å². The van der Waals surface area contributed by atoms with Crippen LogP contribution in [-0.2, 0) is 0 Å². The molecule has 0 bridgehead atoms. The molecule has 0 atom stereocenters. The number of hydrogen-bond acceptors (Lipinski definition) is 5. The molecular formula is C24H27ClFN5O. The zero-order valence-corrected chi connectivity index (χ0v) is 19.0. The van der Waals surface area contributed by atoms with Crippen LogP contribution in [0.3, 0.4) is 0 Å². The molecule has 1 aromatic heterocycles. The van der Waals surface area contributed by atoms with Crippen LogP contribution in [0.1, 0.15) is 36.0 Å². The fraction of sp³-hybridized carbons (Fsp3) is 0.375. The van der Waals surface area contributed by atoms with E-state index in [0.29, 0.717) is 18.4 Å². The zero-order valence-electron chi connectivity index (χ0n) is 18.2. The van der Waals surface area contributed by atoms with E-state index in [4.69, 9.17) is 21.6 Å². The molecule has 3 aromatic rings. The monoisotopic (exact) mass is 455 g/mol. The number of anilines is 2. The first-order valence-corrected chi connectivity index (χ1v) is 11.2. The molecule has 1 amide bonds. The van der Waals surface area contributed by atoms with Crippen LogP contribution in [0.2, 0.25) is 5.02 Å². The number of nitrogens with one attached hydrogen (secondary N) is 2. The van der Waals surface area contributed by atoms with Crippen molar-refractivity contribution in [2.45, 2.75) is 31.7 Å². The second kappa shape index (κ2) is 9.69. The van der Waals surface area contributed by atoms with Crippen molar-refractivity contribution in [1.82, 2.24) is 15.3 Å². The number of hydrogen-bond donors (Lipinski definition) is 2. The maximum atomic E-state index is 13.4. The number of nitrogens with zero attached hydrogens (tertiary/aromatic N) is 3. The van der Waals surface area contributed by atoms with E-state index in [2.05, 4.69) is 10.6 Å². The smallest absolute Gasteiger partial charge is 0.252 e. The molecule has 1 fully saturated rings. The van der Waals surface area contributed by atoms with Gasteiger partial charge in [0, 0.05) is 32.1 Å².